The third-order valence-electron chi connectivity index (χ3n) is 2.97. The van der Waals surface area contributed by atoms with E-state index in [2.05, 4.69) is 9.71 Å². The minimum Gasteiger partial charge on any atom is -0.481 e. The molecule has 0 aliphatic heterocycles. The number of sulfonamides is 1. The van der Waals surface area contributed by atoms with Gasteiger partial charge in [-0.1, -0.05) is 18.3 Å². The fourth-order valence-corrected chi connectivity index (χ4v) is 3.83. The van der Waals surface area contributed by atoms with E-state index in [4.69, 9.17) is 5.11 Å². The number of aromatic amines is 1. The van der Waals surface area contributed by atoms with Gasteiger partial charge in [0.15, 0.2) is 4.21 Å². The summed E-state index contributed by atoms with van der Waals surface area (Å²) < 4.78 is 26.1. The van der Waals surface area contributed by atoms with E-state index in [1.54, 1.807) is 6.92 Å². The van der Waals surface area contributed by atoms with Crippen molar-refractivity contribution in [2.75, 3.05) is 6.54 Å². The van der Waals surface area contributed by atoms with E-state index in [0.29, 0.717) is 11.3 Å². The minimum absolute atomic E-state index is 0.110. The van der Waals surface area contributed by atoms with Crippen LogP contribution < -0.4 is 9.60 Å². The van der Waals surface area contributed by atoms with Gasteiger partial charge >= 0.3 is 10.8 Å². The zero-order chi connectivity index (χ0) is 14.8. The van der Waals surface area contributed by atoms with Gasteiger partial charge in [-0.05, 0) is 20.3 Å². The minimum atomic E-state index is -3.87. The van der Waals surface area contributed by atoms with Gasteiger partial charge in [0.2, 0.25) is 0 Å². The highest BCUT2D eigenvalue weighted by atomic mass is 32.2. The predicted octanol–water partition coefficient (Wildman–Crippen LogP) is 0.524. The van der Waals surface area contributed by atoms with Gasteiger partial charge in [-0.3, -0.25) is 9.59 Å². The number of nitrogens with one attached hydrogen (secondary N) is 2. The normalized spacial score (nSPS) is 15.1. The fourth-order valence-electron chi connectivity index (χ4n) is 1.32. The van der Waals surface area contributed by atoms with E-state index in [0.717, 1.165) is 0 Å². The molecule has 0 aromatic carbocycles. The van der Waals surface area contributed by atoms with Gasteiger partial charge in [0.05, 0.1) is 5.41 Å². The molecule has 0 amide bonds. The lowest BCUT2D eigenvalue weighted by Crippen LogP contribution is -2.40. The quantitative estimate of drug-likeness (QED) is 0.708. The lowest BCUT2D eigenvalue weighted by molar-refractivity contribution is -0.147. The molecule has 1 atom stereocenters. The van der Waals surface area contributed by atoms with Gasteiger partial charge in [-0.15, -0.1) is 0 Å². The highest BCUT2D eigenvalue weighted by Gasteiger charge is 2.33. The molecule has 7 nitrogen and oxygen atoms in total. The van der Waals surface area contributed by atoms with Crippen LogP contribution in [0.25, 0.3) is 0 Å². The summed E-state index contributed by atoms with van der Waals surface area (Å²) >= 11 is 0.579. The first-order valence-electron chi connectivity index (χ1n) is 5.55. The maximum atomic E-state index is 12.0. The maximum Gasteiger partial charge on any atom is 0.310 e. The van der Waals surface area contributed by atoms with E-state index in [1.165, 1.54) is 13.8 Å². The van der Waals surface area contributed by atoms with Crippen LogP contribution >= 0.6 is 11.3 Å². The Labute approximate surface area is 114 Å². The molecule has 0 fully saturated rings. The largest absolute Gasteiger partial charge is 0.481 e. The summed E-state index contributed by atoms with van der Waals surface area (Å²) in [5.41, 5.74) is -0.932. The molecule has 0 aliphatic carbocycles. The molecule has 1 unspecified atom stereocenters. The number of aromatic nitrogens is 1. The summed E-state index contributed by atoms with van der Waals surface area (Å²) in [5.74, 6) is -1.07. The standard InChI is InChI=1S/C10H16N2O5S2/c1-4-10(3,8(13)14)5-11-19(16,17)7-6(2)12-9(15)18-7/h11H,4-5H2,1-3H3,(H,12,15)(H,13,14). The highest BCUT2D eigenvalue weighted by molar-refractivity contribution is 7.91. The van der Waals surface area contributed by atoms with Gasteiger partial charge in [0, 0.05) is 12.2 Å². The second-order valence-corrected chi connectivity index (χ2v) is 7.42. The van der Waals surface area contributed by atoms with Crippen LogP contribution in [-0.4, -0.2) is 31.0 Å². The molecule has 0 spiro atoms. The Bertz CT molecular complexity index is 631. The summed E-state index contributed by atoms with van der Waals surface area (Å²) in [6, 6.07) is 0. The number of carboxylic acid groups (broad SMARTS) is 1. The number of hydrogen-bond donors (Lipinski definition) is 3. The zero-order valence-corrected chi connectivity index (χ0v) is 12.4. The average molecular weight is 308 g/mol. The maximum absolute atomic E-state index is 12.0. The lowest BCUT2D eigenvalue weighted by Gasteiger charge is -2.22. The highest BCUT2D eigenvalue weighted by Crippen LogP contribution is 2.22. The zero-order valence-electron chi connectivity index (χ0n) is 10.8. The number of H-pyrrole nitrogens is 1. The first-order valence-corrected chi connectivity index (χ1v) is 7.85. The van der Waals surface area contributed by atoms with Gasteiger partial charge in [0.1, 0.15) is 0 Å². The number of carboxylic acids is 1. The van der Waals surface area contributed by atoms with Crippen molar-refractivity contribution in [3.63, 3.8) is 0 Å². The van der Waals surface area contributed by atoms with Crippen molar-refractivity contribution in [1.29, 1.82) is 0 Å². The molecule has 0 bridgehead atoms. The van der Waals surface area contributed by atoms with Crippen LogP contribution in [0.4, 0.5) is 0 Å². The second kappa shape index (κ2) is 5.43. The molecule has 3 N–H and O–H groups in total. The Morgan fingerprint density at radius 1 is 1.53 bits per heavy atom. The van der Waals surface area contributed by atoms with Crippen LogP contribution in [0.15, 0.2) is 9.00 Å². The van der Waals surface area contributed by atoms with Crippen LogP contribution in [0.5, 0.6) is 0 Å². The lowest BCUT2D eigenvalue weighted by atomic mass is 9.88. The van der Waals surface area contributed by atoms with Gasteiger partial charge < -0.3 is 10.1 Å². The van der Waals surface area contributed by atoms with Crippen molar-refractivity contribution in [2.45, 2.75) is 31.4 Å². The van der Waals surface area contributed by atoms with E-state index in [9.17, 15) is 18.0 Å². The number of thiazole rings is 1. The van der Waals surface area contributed by atoms with E-state index >= 15 is 0 Å². The van der Waals surface area contributed by atoms with Gasteiger partial charge in [0.25, 0.3) is 10.0 Å². The van der Waals surface area contributed by atoms with Crippen LogP contribution in [-0.2, 0) is 14.8 Å². The molecule has 1 heterocycles. The van der Waals surface area contributed by atoms with Gasteiger partial charge in [-0.25, -0.2) is 13.1 Å². The van der Waals surface area contributed by atoms with Crippen LogP contribution in [0.1, 0.15) is 26.0 Å². The van der Waals surface area contributed by atoms with Gasteiger partial charge in [-0.2, -0.15) is 0 Å². The molecule has 1 aromatic heterocycles. The molecule has 9 heteroatoms. The van der Waals surface area contributed by atoms with Crippen molar-refractivity contribution < 1.29 is 18.3 Å². The van der Waals surface area contributed by atoms with E-state index < -0.39 is 26.3 Å². The molecule has 0 saturated heterocycles. The average Bonchev–Trinajstić information content (AvgIpc) is 2.66. The number of aliphatic carboxylic acids is 1. The van der Waals surface area contributed by atoms with Crippen LogP contribution in [0.3, 0.4) is 0 Å². The molecule has 0 radical (unpaired) electrons. The molecule has 0 saturated carbocycles. The molecule has 108 valence electrons. The monoisotopic (exact) mass is 308 g/mol. The smallest absolute Gasteiger partial charge is 0.310 e. The predicted molar refractivity (Wildman–Crippen MR) is 70.9 cm³/mol. The van der Waals surface area contributed by atoms with Crippen molar-refractivity contribution in [1.82, 2.24) is 9.71 Å². The van der Waals surface area contributed by atoms with Crippen LogP contribution in [0, 0.1) is 12.3 Å². The number of rotatable bonds is 6. The molecular weight excluding hydrogens is 292 g/mol. The number of carbonyl (C=O) groups is 1. The summed E-state index contributed by atoms with van der Waals surface area (Å²) in [6.45, 7) is 4.38. The topological polar surface area (TPSA) is 116 Å². The first-order chi connectivity index (χ1) is 8.62. The third kappa shape index (κ3) is 3.43. The molecular formula is C10H16N2O5S2. The Balaban J connectivity index is 2.96. The first kappa shape index (κ1) is 15.9. The molecule has 1 rings (SSSR count). The Hall–Kier alpha value is -1.19. The Morgan fingerprint density at radius 2 is 2.11 bits per heavy atom. The third-order valence-corrected chi connectivity index (χ3v) is 5.98. The Kier molecular flexibility index (Phi) is 4.54. The SMILES string of the molecule is CCC(C)(CNS(=O)(=O)c1sc(=O)[nH]c1C)C(=O)O. The summed E-state index contributed by atoms with van der Waals surface area (Å²) in [4.78, 5) is 24.1. The van der Waals surface area contributed by atoms with Crippen molar-refractivity contribution in [2.24, 2.45) is 5.41 Å². The molecule has 1 aromatic rings. The summed E-state index contributed by atoms with van der Waals surface area (Å²) in [7, 11) is -3.87. The second-order valence-electron chi connectivity index (χ2n) is 4.47. The summed E-state index contributed by atoms with van der Waals surface area (Å²) in [5, 5.41) is 9.07. The molecule has 0 aliphatic rings. The van der Waals surface area contributed by atoms with Crippen LogP contribution in [0.2, 0.25) is 0 Å². The Morgan fingerprint density at radius 3 is 2.47 bits per heavy atom. The van der Waals surface area contributed by atoms with Crippen molar-refractivity contribution in [3.8, 4) is 0 Å². The van der Waals surface area contributed by atoms with E-state index in [-0.39, 0.29) is 22.9 Å². The van der Waals surface area contributed by atoms with E-state index in [1.807, 2.05) is 0 Å². The molecule has 19 heavy (non-hydrogen) atoms. The van der Waals surface area contributed by atoms with Crippen molar-refractivity contribution >= 4 is 27.3 Å². The summed E-state index contributed by atoms with van der Waals surface area (Å²) in [6.07, 6.45) is 0.285. The number of aryl methyl sites for hydroxylation is 1. The van der Waals surface area contributed by atoms with Crippen molar-refractivity contribution in [3.05, 3.63) is 15.4 Å². The number of hydrogen-bond acceptors (Lipinski definition) is 5. The fraction of sp³-hybridized carbons (Fsp3) is 0.600.